The van der Waals surface area contributed by atoms with Gasteiger partial charge in [-0.15, -0.1) is 0 Å². The minimum Gasteiger partial charge on any atom is -0.456 e. The molecule has 0 aromatic carbocycles. The third kappa shape index (κ3) is 4.20. The van der Waals surface area contributed by atoms with Crippen molar-refractivity contribution in [3.63, 3.8) is 0 Å². The summed E-state index contributed by atoms with van der Waals surface area (Å²) in [4.78, 5) is 33.2. The fourth-order valence-corrected chi connectivity index (χ4v) is 1.93. The first-order valence-electron chi connectivity index (χ1n) is 6.02. The standard InChI is InChI=1S/C12H18O7/c1-5-9-10(16-6(2)13)11(17-7(3)14)12(19-9)18-8(4)15/h9-12H,5H2,1-4H3/t9-,10+,11?,12?/m1/s1. The van der Waals surface area contributed by atoms with E-state index in [1.165, 1.54) is 20.8 Å². The minimum atomic E-state index is -1.06. The predicted octanol–water partition coefficient (Wildman–Crippen LogP) is 0.548. The van der Waals surface area contributed by atoms with Gasteiger partial charge in [0, 0.05) is 20.8 Å². The van der Waals surface area contributed by atoms with Crippen LogP contribution in [0.1, 0.15) is 34.1 Å². The van der Waals surface area contributed by atoms with Gasteiger partial charge in [-0.3, -0.25) is 14.4 Å². The van der Waals surface area contributed by atoms with E-state index < -0.39 is 42.5 Å². The summed E-state index contributed by atoms with van der Waals surface area (Å²) in [7, 11) is 0. The van der Waals surface area contributed by atoms with E-state index >= 15 is 0 Å². The van der Waals surface area contributed by atoms with Gasteiger partial charge in [-0.1, -0.05) is 6.92 Å². The zero-order valence-corrected chi connectivity index (χ0v) is 11.4. The Hall–Kier alpha value is -1.63. The highest BCUT2D eigenvalue weighted by atomic mass is 16.7. The van der Waals surface area contributed by atoms with Crippen molar-refractivity contribution in [1.82, 2.24) is 0 Å². The normalized spacial score (nSPS) is 29.7. The summed E-state index contributed by atoms with van der Waals surface area (Å²) in [6.45, 7) is 5.50. The molecule has 108 valence electrons. The Labute approximate surface area is 111 Å². The second-order valence-corrected chi connectivity index (χ2v) is 4.21. The molecule has 1 rings (SSSR count). The monoisotopic (exact) mass is 274 g/mol. The molecular weight excluding hydrogens is 256 g/mol. The van der Waals surface area contributed by atoms with Crippen LogP contribution in [0, 0.1) is 0 Å². The van der Waals surface area contributed by atoms with Crippen LogP contribution in [0.3, 0.4) is 0 Å². The molecule has 1 heterocycles. The smallest absolute Gasteiger partial charge is 0.305 e. The first kappa shape index (κ1) is 15.4. The summed E-state index contributed by atoms with van der Waals surface area (Å²) in [6.07, 6.45) is -2.76. The second-order valence-electron chi connectivity index (χ2n) is 4.21. The van der Waals surface area contributed by atoms with E-state index in [0.717, 1.165) is 0 Å². The molecule has 2 unspecified atom stereocenters. The fourth-order valence-electron chi connectivity index (χ4n) is 1.93. The molecule has 0 bridgehead atoms. The number of carbonyl (C=O) groups excluding carboxylic acids is 3. The quantitative estimate of drug-likeness (QED) is 0.546. The highest BCUT2D eigenvalue weighted by Crippen LogP contribution is 2.29. The molecule has 1 aliphatic heterocycles. The third-order valence-corrected chi connectivity index (χ3v) is 2.56. The fraction of sp³-hybridized carbons (Fsp3) is 0.750. The lowest BCUT2D eigenvalue weighted by Crippen LogP contribution is -2.40. The van der Waals surface area contributed by atoms with Crippen molar-refractivity contribution in [2.45, 2.75) is 58.7 Å². The number of carbonyl (C=O) groups is 3. The lowest BCUT2D eigenvalue weighted by atomic mass is 10.1. The minimum absolute atomic E-state index is 0.488. The second kappa shape index (κ2) is 6.51. The van der Waals surface area contributed by atoms with Crippen LogP contribution in [-0.4, -0.2) is 42.5 Å². The van der Waals surface area contributed by atoms with Crippen molar-refractivity contribution in [3.8, 4) is 0 Å². The predicted molar refractivity (Wildman–Crippen MR) is 61.8 cm³/mol. The molecule has 0 aromatic heterocycles. The van der Waals surface area contributed by atoms with Crippen LogP contribution < -0.4 is 0 Å². The van der Waals surface area contributed by atoms with Crippen LogP contribution in [0.15, 0.2) is 0 Å². The van der Waals surface area contributed by atoms with Gasteiger partial charge in [0.15, 0.2) is 6.10 Å². The van der Waals surface area contributed by atoms with Crippen molar-refractivity contribution >= 4 is 17.9 Å². The van der Waals surface area contributed by atoms with Crippen LogP contribution in [0.5, 0.6) is 0 Å². The Balaban J connectivity index is 2.90. The first-order chi connectivity index (χ1) is 8.85. The summed E-state index contributed by atoms with van der Waals surface area (Å²) in [5.41, 5.74) is 0. The average Bonchev–Trinajstić information content (AvgIpc) is 2.55. The van der Waals surface area contributed by atoms with E-state index in [0.29, 0.717) is 6.42 Å². The molecule has 0 spiro atoms. The lowest BCUT2D eigenvalue weighted by Gasteiger charge is -2.22. The Morgan fingerprint density at radius 1 is 0.895 bits per heavy atom. The van der Waals surface area contributed by atoms with Gasteiger partial charge in [0.1, 0.15) is 6.10 Å². The van der Waals surface area contributed by atoms with Crippen LogP contribution in [0.2, 0.25) is 0 Å². The van der Waals surface area contributed by atoms with Gasteiger partial charge in [0.2, 0.25) is 12.4 Å². The van der Waals surface area contributed by atoms with E-state index in [1.807, 2.05) is 6.92 Å². The number of rotatable bonds is 4. The molecule has 19 heavy (non-hydrogen) atoms. The molecule has 1 fully saturated rings. The maximum absolute atomic E-state index is 11.1. The average molecular weight is 274 g/mol. The SMILES string of the molecule is CC[C@H]1OC(OC(C)=O)C(OC(C)=O)[C@H]1OC(C)=O. The van der Waals surface area contributed by atoms with Gasteiger partial charge in [-0.2, -0.15) is 0 Å². The van der Waals surface area contributed by atoms with Crippen molar-refractivity contribution in [2.24, 2.45) is 0 Å². The molecule has 1 aliphatic rings. The van der Waals surface area contributed by atoms with Crippen LogP contribution in [-0.2, 0) is 33.3 Å². The molecule has 0 aromatic rings. The first-order valence-corrected chi connectivity index (χ1v) is 6.02. The van der Waals surface area contributed by atoms with E-state index in [1.54, 1.807) is 0 Å². The Morgan fingerprint density at radius 3 is 1.79 bits per heavy atom. The Bertz CT molecular complexity index is 365. The molecule has 0 amide bonds. The summed E-state index contributed by atoms with van der Waals surface area (Å²) in [5.74, 6) is -1.66. The summed E-state index contributed by atoms with van der Waals surface area (Å²) in [5, 5.41) is 0. The molecule has 4 atom stereocenters. The summed E-state index contributed by atoms with van der Waals surface area (Å²) < 4.78 is 20.5. The van der Waals surface area contributed by atoms with Crippen LogP contribution in [0.25, 0.3) is 0 Å². The van der Waals surface area contributed by atoms with E-state index in [-0.39, 0.29) is 0 Å². The van der Waals surface area contributed by atoms with Crippen molar-refractivity contribution in [1.29, 1.82) is 0 Å². The number of esters is 3. The van der Waals surface area contributed by atoms with Crippen molar-refractivity contribution in [2.75, 3.05) is 0 Å². The molecule has 0 N–H and O–H groups in total. The van der Waals surface area contributed by atoms with Gasteiger partial charge >= 0.3 is 17.9 Å². The largest absolute Gasteiger partial charge is 0.456 e. The topological polar surface area (TPSA) is 88.1 Å². The summed E-state index contributed by atoms with van der Waals surface area (Å²) >= 11 is 0. The van der Waals surface area contributed by atoms with Gasteiger partial charge in [0.05, 0.1) is 0 Å². The molecule has 0 saturated carbocycles. The number of hydrogen-bond acceptors (Lipinski definition) is 7. The third-order valence-electron chi connectivity index (χ3n) is 2.56. The molecule has 1 saturated heterocycles. The zero-order chi connectivity index (χ0) is 14.6. The maximum atomic E-state index is 11.1. The molecule has 7 heteroatoms. The van der Waals surface area contributed by atoms with Crippen molar-refractivity contribution in [3.05, 3.63) is 0 Å². The molecule has 0 aliphatic carbocycles. The zero-order valence-electron chi connectivity index (χ0n) is 11.4. The van der Waals surface area contributed by atoms with E-state index in [4.69, 9.17) is 18.9 Å². The maximum Gasteiger partial charge on any atom is 0.305 e. The van der Waals surface area contributed by atoms with Crippen LogP contribution >= 0.6 is 0 Å². The Morgan fingerprint density at radius 2 is 1.37 bits per heavy atom. The van der Waals surface area contributed by atoms with Crippen molar-refractivity contribution < 1.29 is 33.3 Å². The van der Waals surface area contributed by atoms with Crippen LogP contribution in [0.4, 0.5) is 0 Å². The summed E-state index contributed by atoms with van der Waals surface area (Å²) in [6, 6.07) is 0. The van der Waals surface area contributed by atoms with Gasteiger partial charge in [0.25, 0.3) is 0 Å². The van der Waals surface area contributed by atoms with E-state index in [2.05, 4.69) is 0 Å². The van der Waals surface area contributed by atoms with Gasteiger partial charge in [-0.25, -0.2) is 0 Å². The lowest BCUT2D eigenvalue weighted by molar-refractivity contribution is -0.195. The molecule has 7 nitrogen and oxygen atoms in total. The molecular formula is C12H18O7. The highest BCUT2D eigenvalue weighted by Gasteiger charge is 2.50. The van der Waals surface area contributed by atoms with Gasteiger partial charge < -0.3 is 18.9 Å². The van der Waals surface area contributed by atoms with Gasteiger partial charge in [-0.05, 0) is 6.42 Å². The number of hydrogen-bond donors (Lipinski definition) is 0. The molecule has 0 radical (unpaired) electrons. The highest BCUT2D eigenvalue weighted by molar-refractivity contribution is 5.68. The van der Waals surface area contributed by atoms with E-state index in [9.17, 15) is 14.4 Å². The Kier molecular flexibility index (Phi) is 5.29. The number of ether oxygens (including phenoxy) is 4.